The largest absolute Gasteiger partial charge is 0.384 e. The monoisotopic (exact) mass is 208 g/mol. The third-order valence-corrected chi connectivity index (χ3v) is 2.15. The molecule has 1 rings (SSSR count). The molecule has 3 nitrogen and oxygen atoms in total. The summed E-state index contributed by atoms with van der Waals surface area (Å²) in [5, 5.41) is 0. The van der Waals surface area contributed by atoms with Gasteiger partial charge in [0.2, 0.25) is 0 Å². The summed E-state index contributed by atoms with van der Waals surface area (Å²) < 4.78 is 5.68. The zero-order chi connectivity index (χ0) is 11.3. The van der Waals surface area contributed by atoms with E-state index >= 15 is 0 Å². The Balaban J connectivity index is 2.36. The summed E-state index contributed by atoms with van der Waals surface area (Å²) in [6.45, 7) is 7.02. The highest BCUT2D eigenvalue weighted by molar-refractivity contribution is 5.28. The maximum Gasteiger partial charge on any atom is 0.123 e. The molecule has 1 unspecified atom stereocenters. The Labute approximate surface area is 91.7 Å². The predicted octanol–water partition coefficient (Wildman–Crippen LogP) is 2.62. The van der Waals surface area contributed by atoms with Crippen LogP contribution in [0.25, 0.3) is 0 Å². The fourth-order valence-electron chi connectivity index (χ4n) is 1.54. The molecular weight excluding hydrogens is 188 g/mol. The van der Waals surface area contributed by atoms with E-state index in [0.29, 0.717) is 18.3 Å². The lowest BCUT2D eigenvalue weighted by atomic mass is 10.1. The van der Waals surface area contributed by atoms with Crippen molar-refractivity contribution in [1.82, 2.24) is 4.98 Å². The fraction of sp³-hybridized carbons (Fsp3) is 0.583. The third-order valence-electron chi connectivity index (χ3n) is 2.15. The molecule has 0 radical (unpaired) electrons. The van der Waals surface area contributed by atoms with E-state index in [1.165, 1.54) is 0 Å². The van der Waals surface area contributed by atoms with Crippen LogP contribution in [0, 0.1) is 5.92 Å². The van der Waals surface area contributed by atoms with Gasteiger partial charge in [0.25, 0.3) is 0 Å². The first-order chi connectivity index (χ1) is 7.08. The molecule has 0 fully saturated rings. The van der Waals surface area contributed by atoms with Crippen molar-refractivity contribution in [1.29, 1.82) is 0 Å². The van der Waals surface area contributed by atoms with Crippen LogP contribution in [-0.2, 0) is 11.3 Å². The standard InChI is InChI=1S/C12H20N2O/c1-9(2)7-10(3)15-8-11-5-4-6-12(13)14-11/h4-6,9-10H,7-8H2,1-3H3,(H2,13,14). The number of aromatic nitrogens is 1. The Morgan fingerprint density at radius 1 is 1.33 bits per heavy atom. The molecule has 1 aromatic rings. The van der Waals surface area contributed by atoms with E-state index in [9.17, 15) is 0 Å². The second-order valence-electron chi connectivity index (χ2n) is 4.30. The molecule has 0 saturated carbocycles. The van der Waals surface area contributed by atoms with Gasteiger partial charge in [-0.2, -0.15) is 0 Å². The van der Waals surface area contributed by atoms with Gasteiger partial charge < -0.3 is 10.5 Å². The first-order valence-corrected chi connectivity index (χ1v) is 5.41. The molecule has 0 aliphatic rings. The molecule has 0 aliphatic heterocycles. The van der Waals surface area contributed by atoms with E-state index in [1.807, 2.05) is 12.1 Å². The zero-order valence-corrected chi connectivity index (χ0v) is 9.73. The minimum absolute atomic E-state index is 0.272. The molecular formula is C12H20N2O. The van der Waals surface area contributed by atoms with E-state index in [4.69, 9.17) is 10.5 Å². The molecule has 1 atom stereocenters. The summed E-state index contributed by atoms with van der Waals surface area (Å²) in [4.78, 5) is 4.18. The molecule has 0 bridgehead atoms. The van der Waals surface area contributed by atoms with Crippen molar-refractivity contribution in [2.24, 2.45) is 5.92 Å². The maximum absolute atomic E-state index is 5.68. The lowest BCUT2D eigenvalue weighted by Gasteiger charge is -2.14. The number of hydrogen-bond acceptors (Lipinski definition) is 3. The molecule has 84 valence electrons. The normalized spacial score (nSPS) is 13.1. The Kier molecular flexibility index (Phi) is 4.56. The molecule has 3 heteroatoms. The molecule has 0 saturated heterocycles. The smallest absolute Gasteiger partial charge is 0.123 e. The van der Waals surface area contributed by atoms with Gasteiger partial charge >= 0.3 is 0 Å². The van der Waals surface area contributed by atoms with Crippen molar-refractivity contribution in [3.05, 3.63) is 23.9 Å². The van der Waals surface area contributed by atoms with Crippen LogP contribution in [-0.4, -0.2) is 11.1 Å². The lowest BCUT2D eigenvalue weighted by Crippen LogP contribution is -2.11. The van der Waals surface area contributed by atoms with Gasteiger partial charge in [0.1, 0.15) is 5.82 Å². The molecule has 1 heterocycles. The number of ether oxygens (including phenoxy) is 1. The van der Waals surface area contributed by atoms with Gasteiger partial charge in [-0.05, 0) is 31.4 Å². The topological polar surface area (TPSA) is 48.1 Å². The van der Waals surface area contributed by atoms with Gasteiger partial charge in [-0.3, -0.25) is 0 Å². The number of pyridine rings is 1. The molecule has 15 heavy (non-hydrogen) atoms. The van der Waals surface area contributed by atoms with Crippen molar-refractivity contribution >= 4 is 5.82 Å². The van der Waals surface area contributed by atoms with E-state index in [-0.39, 0.29) is 6.10 Å². The Morgan fingerprint density at radius 3 is 2.67 bits per heavy atom. The van der Waals surface area contributed by atoms with Gasteiger partial charge in [0.15, 0.2) is 0 Å². The number of rotatable bonds is 5. The van der Waals surface area contributed by atoms with Gasteiger partial charge in [-0.1, -0.05) is 19.9 Å². The highest BCUT2D eigenvalue weighted by atomic mass is 16.5. The number of nitrogens with zero attached hydrogens (tertiary/aromatic N) is 1. The molecule has 2 N–H and O–H groups in total. The summed E-state index contributed by atoms with van der Waals surface area (Å²) in [5.41, 5.74) is 6.47. The Morgan fingerprint density at radius 2 is 2.07 bits per heavy atom. The minimum atomic E-state index is 0.272. The van der Waals surface area contributed by atoms with Crippen LogP contribution in [0.3, 0.4) is 0 Å². The van der Waals surface area contributed by atoms with E-state index in [2.05, 4.69) is 25.8 Å². The lowest BCUT2D eigenvalue weighted by molar-refractivity contribution is 0.0379. The second-order valence-corrected chi connectivity index (χ2v) is 4.30. The first-order valence-electron chi connectivity index (χ1n) is 5.41. The van der Waals surface area contributed by atoms with Crippen molar-refractivity contribution in [3.63, 3.8) is 0 Å². The number of hydrogen-bond donors (Lipinski definition) is 1. The van der Waals surface area contributed by atoms with Crippen LogP contribution in [0.1, 0.15) is 32.9 Å². The van der Waals surface area contributed by atoms with E-state index in [1.54, 1.807) is 6.07 Å². The Bertz CT molecular complexity index is 299. The quantitative estimate of drug-likeness (QED) is 0.809. The first kappa shape index (κ1) is 12.0. The van der Waals surface area contributed by atoms with E-state index in [0.717, 1.165) is 12.1 Å². The molecule has 0 aromatic carbocycles. The molecule has 1 aromatic heterocycles. The number of nitrogen functional groups attached to an aromatic ring is 1. The summed E-state index contributed by atoms with van der Waals surface area (Å²) >= 11 is 0. The van der Waals surface area contributed by atoms with Crippen LogP contribution >= 0.6 is 0 Å². The predicted molar refractivity (Wildman–Crippen MR) is 62.4 cm³/mol. The van der Waals surface area contributed by atoms with Crippen molar-refractivity contribution in [3.8, 4) is 0 Å². The van der Waals surface area contributed by atoms with Crippen molar-refractivity contribution < 1.29 is 4.74 Å². The van der Waals surface area contributed by atoms with Gasteiger partial charge in [0, 0.05) is 0 Å². The van der Waals surface area contributed by atoms with Crippen molar-refractivity contribution in [2.75, 3.05) is 5.73 Å². The molecule has 0 amide bonds. The van der Waals surface area contributed by atoms with Gasteiger partial charge in [0.05, 0.1) is 18.4 Å². The van der Waals surface area contributed by atoms with Gasteiger partial charge in [-0.25, -0.2) is 4.98 Å². The second kappa shape index (κ2) is 5.71. The van der Waals surface area contributed by atoms with E-state index < -0.39 is 0 Å². The SMILES string of the molecule is CC(C)CC(C)OCc1cccc(N)n1. The van der Waals surface area contributed by atoms with Crippen LogP contribution in [0.4, 0.5) is 5.82 Å². The summed E-state index contributed by atoms with van der Waals surface area (Å²) in [5.74, 6) is 1.21. The number of anilines is 1. The highest BCUT2D eigenvalue weighted by Gasteiger charge is 2.05. The zero-order valence-electron chi connectivity index (χ0n) is 9.73. The molecule has 0 spiro atoms. The third kappa shape index (κ3) is 4.79. The summed E-state index contributed by atoms with van der Waals surface area (Å²) in [6, 6.07) is 5.60. The average Bonchev–Trinajstić information content (AvgIpc) is 2.14. The number of nitrogens with two attached hydrogens (primary N) is 1. The van der Waals surface area contributed by atoms with Crippen LogP contribution < -0.4 is 5.73 Å². The summed E-state index contributed by atoms with van der Waals surface area (Å²) in [6.07, 6.45) is 1.34. The average molecular weight is 208 g/mol. The van der Waals surface area contributed by atoms with Crippen LogP contribution in [0.15, 0.2) is 18.2 Å². The Hall–Kier alpha value is -1.09. The molecule has 0 aliphatic carbocycles. The van der Waals surface area contributed by atoms with Crippen LogP contribution in [0.2, 0.25) is 0 Å². The highest BCUT2D eigenvalue weighted by Crippen LogP contribution is 2.10. The van der Waals surface area contributed by atoms with Crippen molar-refractivity contribution in [2.45, 2.75) is 39.9 Å². The fourth-order valence-corrected chi connectivity index (χ4v) is 1.54. The summed E-state index contributed by atoms with van der Waals surface area (Å²) in [7, 11) is 0. The maximum atomic E-state index is 5.68. The van der Waals surface area contributed by atoms with Gasteiger partial charge in [-0.15, -0.1) is 0 Å². The minimum Gasteiger partial charge on any atom is -0.384 e. The van der Waals surface area contributed by atoms with Crippen LogP contribution in [0.5, 0.6) is 0 Å².